The highest BCUT2D eigenvalue weighted by atomic mass is 35.5. The first kappa shape index (κ1) is 20.8. The fourth-order valence-electron chi connectivity index (χ4n) is 2.49. The summed E-state index contributed by atoms with van der Waals surface area (Å²) in [4.78, 5) is 26.4. The molecule has 0 saturated carbocycles. The van der Waals surface area contributed by atoms with Gasteiger partial charge in [-0.1, -0.05) is 65.4 Å². The van der Waals surface area contributed by atoms with E-state index in [1.807, 2.05) is 0 Å². The smallest absolute Gasteiger partial charge is 0.266 e. The number of hydrogen-bond donors (Lipinski definition) is 1. The molecule has 2 aromatic rings. The van der Waals surface area contributed by atoms with Crippen LogP contribution in [0.3, 0.4) is 0 Å². The molecule has 3 rings (SSSR count). The summed E-state index contributed by atoms with van der Waals surface area (Å²) in [5.74, 6) is -1.09. The molecule has 1 N–H and O–H groups in total. The number of nitrogens with one attached hydrogen (secondary N) is 1. The molecule has 0 radical (unpaired) electrons. The number of thioether (sulfide) groups is 1. The molecule has 0 aliphatic carbocycles. The number of benzene rings is 2. The number of nitrogens with zero attached hydrogens (tertiary/aromatic N) is 1. The van der Waals surface area contributed by atoms with Gasteiger partial charge >= 0.3 is 0 Å². The van der Waals surface area contributed by atoms with Crippen LogP contribution >= 0.6 is 47.2 Å². The summed E-state index contributed by atoms with van der Waals surface area (Å²) in [6.45, 7) is 0.111. The molecule has 0 bridgehead atoms. The van der Waals surface area contributed by atoms with E-state index in [2.05, 4.69) is 5.32 Å². The van der Waals surface area contributed by atoms with Crippen LogP contribution in [0.15, 0.2) is 47.4 Å². The Morgan fingerprint density at radius 1 is 1.21 bits per heavy atom. The fraction of sp³-hybridized carbons (Fsp3) is 0.105. The third-order valence-corrected chi connectivity index (χ3v) is 5.59. The molecule has 0 atom stereocenters. The van der Waals surface area contributed by atoms with Crippen LogP contribution in [0, 0.1) is 5.82 Å². The molecule has 28 heavy (non-hydrogen) atoms. The number of hydrogen-bond acceptors (Lipinski definition) is 4. The minimum absolute atomic E-state index is 0.0313. The van der Waals surface area contributed by atoms with Crippen LogP contribution < -0.4 is 5.32 Å². The van der Waals surface area contributed by atoms with Gasteiger partial charge in [0.1, 0.15) is 10.1 Å². The van der Waals surface area contributed by atoms with Crippen molar-refractivity contribution in [2.24, 2.45) is 0 Å². The van der Waals surface area contributed by atoms with E-state index < -0.39 is 5.82 Å². The Bertz CT molecular complexity index is 977. The number of halogens is 3. The van der Waals surface area contributed by atoms with E-state index in [0.717, 1.165) is 11.8 Å². The van der Waals surface area contributed by atoms with Crippen LogP contribution in [0.5, 0.6) is 0 Å². The van der Waals surface area contributed by atoms with Gasteiger partial charge in [-0.25, -0.2) is 4.39 Å². The third kappa shape index (κ3) is 5.11. The average molecular weight is 455 g/mol. The van der Waals surface area contributed by atoms with Crippen LogP contribution in [-0.4, -0.2) is 27.6 Å². The second-order valence-corrected chi connectivity index (χ2v) is 8.36. The average Bonchev–Trinajstić information content (AvgIpc) is 2.87. The van der Waals surface area contributed by atoms with Gasteiger partial charge in [0.15, 0.2) is 0 Å². The van der Waals surface area contributed by atoms with Gasteiger partial charge in [0.25, 0.3) is 5.91 Å². The summed E-state index contributed by atoms with van der Waals surface area (Å²) in [6, 6.07) is 10.8. The normalized spacial score (nSPS) is 15.4. The van der Waals surface area contributed by atoms with Gasteiger partial charge in [0, 0.05) is 34.3 Å². The Balaban J connectivity index is 1.63. The summed E-state index contributed by atoms with van der Waals surface area (Å²) in [7, 11) is 0. The van der Waals surface area contributed by atoms with Gasteiger partial charge in [-0.3, -0.25) is 14.5 Å². The van der Waals surface area contributed by atoms with E-state index in [9.17, 15) is 14.0 Å². The number of carbonyl (C=O) groups is 2. The van der Waals surface area contributed by atoms with Crippen LogP contribution in [-0.2, 0) is 9.59 Å². The minimum atomic E-state index is -0.424. The minimum Gasteiger partial charge on any atom is -0.326 e. The maximum absolute atomic E-state index is 13.8. The topological polar surface area (TPSA) is 49.4 Å². The summed E-state index contributed by atoms with van der Waals surface area (Å²) in [5, 5.41) is 3.48. The zero-order chi connectivity index (χ0) is 20.3. The standard InChI is InChI=1S/C19H13Cl2FN2O2S2/c20-12-8-13(21)10-14(9-12)23-17(25)5-6-24-18(26)16(28-19(24)27)7-11-3-1-2-4-15(11)22/h1-4,7-10H,5-6H2,(H,23,25). The first-order valence-corrected chi connectivity index (χ1v) is 10.1. The summed E-state index contributed by atoms with van der Waals surface area (Å²) < 4.78 is 14.1. The Morgan fingerprint density at radius 3 is 2.57 bits per heavy atom. The summed E-state index contributed by atoms with van der Waals surface area (Å²) in [5.41, 5.74) is 0.769. The van der Waals surface area contributed by atoms with E-state index in [1.54, 1.807) is 36.4 Å². The number of rotatable bonds is 5. The van der Waals surface area contributed by atoms with E-state index in [0.29, 0.717) is 30.5 Å². The lowest BCUT2D eigenvalue weighted by molar-refractivity contribution is -0.122. The van der Waals surface area contributed by atoms with Gasteiger partial charge in [-0.15, -0.1) is 0 Å². The molecule has 1 aliphatic heterocycles. The fourth-order valence-corrected chi connectivity index (χ4v) is 4.31. The third-order valence-electron chi connectivity index (χ3n) is 3.77. The van der Waals surface area contributed by atoms with E-state index in [4.69, 9.17) is 35.4 Å². The molecule has 2 amide bonds. The van der Waals surface area contributed by atoms with Crippen molar-refractivity contribution in [3.8, 4) is 0 Å². The quantitative estimate of drug-likeness (QED) is 0.487. The molecule has 4 nitrogen and oxygen atoms in total. The first-order chi connectivity index (χ1) is 13.3. The molecular weight excluding hydrogens is 442 g/mol. The maximum atomic E-state index is 13.8. The lowest BCUT2D eigenvalue weighted by Gasteiger charge is -2.14. The zero-order valence-electron chi connectivity index (χ0n) is 14.2. The molecule has 0 spiro atoms. The van der Waals surface area contributed by atoms with Crippen molar-refractivity contribution >= 4 is 75.1 Å². The molecule has 9 heteroatoms. The molecule has 0 unspecified atom stereocenters. The van der Waals surface area contributed by atoms with Crippen molar-refractivity contribution in [1.29, 1.82) is 0 Å². The van der Waals surface area contributed by atoms with Gasteiger partial charge in [0.2, 0.25) is 5.91 Å². The highest BCUT2D eigenvalue weighted by Gasteiger charge is 2.32. The van der Waals surface area contributed by atoms with Crippen LogP contribution in [0.1, 0.15) is 12.0 Å². The Hall–Kier alpha value is -1.93. The van der Waals surface area contributed by atoms with Crippen molar-refractivity contribution in [3.63, 3.8) is 0 Å². The molecule has 144 valence electrons. The second kappa shape index (κ2) is 9.05. The van der Waals surface area contributed by atoms with Crippen molar-refractivity contribution in [1.82, 2.24) is 4.90 Å². The molecule has 1 fully saturated rings. The largest absolute Gasteiger partial charge is 0.326 e. The maximum Gasteiger partial charge on any atom is 0.266 e. The van der Waals surface area contributed by atoms with Gasteiger partial charge < -0.3 is 5.32 Å². The van der Waals surface area contributed by atoms with Gasteiger partial charge in [-0.05, 0) is 30.3 Å². The highest BCUT2D eigenvalue weighted by molar-refractivity contribution is 8.26. The first-order valence-electron chi connectivity index (χ1n) is 8.09. The number of carbonyl (C=O) groups excluding carboxylic acids is 2. The summed E-state index contributed by atoms with van der Waals surface area (Å²) >= 11 is 18.1. The van der Waals surface area contributed by atoms with Gasteiger partial charge in [-0.2, -0.15) is 0 Å². The molecule has 0 aromatic heterocycles. The molecule has 2 aromatic carbocycles. The highest BCUT2D eigenvalue weighted by Crippen LogP contribution is 2.33. The number of amides is 2. The molecule has 1 aliphatic rings. The SMILES string of the molecule is O=C(CCN1C(=O)C(=Cc2ccccc2F)SC1=S)Nc1cc(Cl)cc(Cl)c1. The van der Waals surface area contributed by atoms with Crippen LogP contribution in [0.2, 0.25) is 10.0 Å². The van der Waals surface area contributed by atoms with Crippen molar-refractivity contribution in [2.75, 3.05) is 11.9 Å². The van der Waals surface area contributed by atoms with Crippen LogP contribution in [0.4, 0.5) is 10.1 Å². The van der Waals surface area contributed by atoms with Crippen LogP contribution in [0.25, 0.3) is 6.08 Å². The Kier molecular flexibility index (Phi) is 6.72. The monoisotopic (exact) mass is 454 g/mol. The van der Waals surface area contributed by atoms with E-state index in [1.165, 1.54) is 17.0 Å². The molecule has 1 saturated heterocycles. The number of thiocarbonyl (C=S) groups is 1. The number of anilines is 1. The molecular formula is C19H13Cl2FN2O2S2. The Morgan fingerprint density at radius 2 is 1.89 bits per heavy atom. The van der Waals surface area contributed by atoms with Crippen molar-refractivity contribution in [3.05, 3.63) is 68.8 Å². The lowest BCUT2D eigenvalue weighted by atomic mass is 10.2. The molecule has 1 heterocycles. The summed E-state index contributed by atoms with van der Waals surface area (Å²) in [6.07, 6.45) is 1.49. The van der Waals surface area contributed by atoms with E-state index >= 15 is 0 Å². The van der Waals surface area contributed by atoms with E-state index in [-0.39, 0.29) is 24.8 Å². The zero-order valence-corrected chi connectivity index (χ0v) is 17.4. The van der Waals surface area contributed by atoms with Gasteiger partial charge in [0.05, 0.1) is 4.91 Å². The van der Waals surface area contributed by atoms with Crippen molar-refractivity contribution in [2.45, 2.75) is 6.42 Å². The predicted molar refractivity (Wildman–Crippen MR) is 116 cm³/mol. The second-order valence-electron chi connectivity index (χ2n) is 5.81. The lowest BCUT2D eigenvalue weighted by Crippen LogP contribution is -2.31. The Labute approximate surface area is 180 Å². The van der Waals surface area contributed by atoms with Crippen molar-refractivity contribution < 1.29 is 14.0 Å². The predicted octanol–water partition coefficient (Wildman–Crippen LogP) is 5.36.